The quantitative estimate of drug-likeness (QED) is 0.148. The molecule has 1 atom stereocenters. The molecule has 7 rings (SSSR count). The second kappa shape index (κ2) is 13.2. The first-order valence-electron chi connectivity index (χ1n) is 17.2. The monoisotopic (exact) mass is 741 g/mol. The molecule has 52 heavy (non-hydrogen) atoms. The van der Waals surface area contributed by atoms with E-state index in [1.54, 1.807) is 28.8 Å². The maximum absolute atomic E-state index is 15.1. The summed E-state index contributed by atoms with van der Waals surface area (Å²) in [6, 6.07) is 11.1. The van der Waals surface area contributed by atoms with Gasteiger partial charge in [0, 0.05) is 71.6 Å². The van der Waals surface area contributed by atoms with E-state index < -0.39 is 5.97 Å². The smallest absolute Gasteiger partial charge is 0.337 e. The zero-order valence-electron chi connectivity index (χ0n) is 30.5. The first-order valence-corrected chi connectivity index (χ1v) is 18.0. The van der Waals surface area contributed by atoms with E-state index in [0.717, 1.165) is 60.9 Å². The number of rotatable bonds is 9. The fraction of sp³-hybridized carbons (Fsp3) is 0.325. The van der Waals surface area contributed by atoms with Gasteiger partial charge in [0.25, 0.3) is 5.91 Å². The summed E-state index contributed by atoms with van der Waals surface area (Å²) >= 11 is 13.5. The van der Waals surface area contributed by atoms with Gasteiger partial charge in [0.2, 0.25) is 0 Å². The molecule has 10 nitrogen and oxygen atoms in total. The molecule has 0 spiro atoms. The van der Waals surface area contributed by atoms with Gasteiger partial charge in [0.1, 0.15) is 17.2 Å². The predicted molar refractivity (Wildman–Crippen MR) is 206 cm³/mol. The number of carboxylic acids is 1. The summed E-state index contributed by atoms with van der Waals surface area (Å²) < 4.78 is 17.6. The van der Waals surface area contributed by atoms with E-state index in [4.69, 9.17) is 37.8 Å². The van der Waals surface area contributed by atoms with Gasteiger partial charge in [-0.2, -0.15) is 5.10 Å². The Labute approximate surface area is 312 Å². The van der Waals surface area contributed by atoms with Gasteiger partial charge < -0.3 is 28.6 Å². The lowest BCUT2D eigenvalue weighted by Crippen LogP contribution is -2.43. The Bertz CT molecular complexity index is 2430. The third-order valence-electron chi connectivity index (χ3n) is 10.3. The first kappa shape index (κ1) is 35.5. The van der Waals surface area contributed by atoms with Crippen molar-refractivity contribution in [1.29, 1.82) is 0 Å². The highest BCUT2D eigenvalue weighted by Gasteiger charge is 2.38. The van der Waals surface area contributed by atoms with Crippen LogP contribution in [0.3, 0.4) is 0 Å². The van der Waals surface area contributed by atoms with Crippen LogP contribution in [0.1, 0.15) is 68.3 Å². The van der Waals surface area contributed by atoms with Crippen LogP contribution in [0.4, 0.5) is 5.69 Å². The molecule has 1 aliphatic rings. The second-order valence-electron chi connectivity index (χ2n) is 13.8. The van der Waals surface area contributed by atoms with E-state index in [0.29, 0.717) is 59.0 Å². The maximum atomic E-state index is 15.1. The highest BCUT2D eigenvalue weighted by Crippen LogP contribution is 2.46. The van der Waals surface area contributed by atoms with Gasteiger partial charge in [-0.25, -0.2) is 4.79 Å². The molecule has 0 fully saturated rings. The lowest BCUT2D eigenvalue weighted by molar-refractivity contribution is 0.0698. The molecule has 270 valence electrons. The zero-order chi connectivity index (χ0) is 37.3. The fourth-order valence-corrected chi connectivity index (χ4v) is 8.28. The van der Waals surface area contributed by atoms with E-state index >= 15 is 4.79 Å². The Hall–Kier alpha value is -4.93. The van der Waals surface area contributed by atoms with Crippen molar-refractivity contribution in [1.82, 2.24) is 18.9 Å². The summed E-state index contributed by atoms with van der Waals surface area (Å²) in [6.45, 7) is 10.8. The molecule has 0 aliphatic carbocycles. The molecule has 3 aromatic carbocycles. The van der Waals surface area contributed by atoms with Crippen molar-refractivity contribution in [3.05, 3.63) is 92.0 Å². The van der Waals surface area contributed by atoms with Crippen molar-refractivity contribution in [3.63, 3.8) is 0 Å². The number of hydrogen-bond donors (Lipinski definition) is 1. The van der Waals surface area contributed by atoms with Crippen molar-refractivity contribution in [2.75, 3.05) is 25.2 Å². The van der Waals surface area contributed by atoms with E-state index in [2.05, 4.69) is 11.5 Å². The average molecular weight is 743 g/mol. The molecule has 1 N–H and O–H groups in total. The van der Waals surface area contributed by atoms with Crippen LogP contribution in [-0.2, 0) is 20.5 Å². The van der Waals surface area contributed by atoms with Gasteiger partial charge >= 0.3 is 5.97 Å². The molecular formula is C40H41Cl2N5O5. The number of carbonyl (C=O) groups is 2. The van der Waals surface area contributed by atoms with Crippen LogP contribution in [0.25, 0.3) is 32.9 Å². The molecule has 0 bridgehead atoms. The van der Waals surface area contributed by atoms with E-state index in [9.17, 15) is 9.90 Å². The summed E-state index contributed by atoms with van der Waals surface area (Å²) in [5, 5.41) is 17.5. The van der Waals surface area contributed by atoms with Gasteiger partial charge in [-0.3, -0.25) is 9.48 Å². The standard InChI is InChI=1S/C40H41Cl2N5O5/c1-20-14-26(15-21(2)35(20)42)52-13-9-10-27-28-11-12-31(41)34(33-23(4)43-45(7)24(33)5)37(28)47-22(3)18-46(39(48)38(27)47)32-17-25(51-8)16-29-30(40(49)50)19-44(6)36(29)32/h11-12,14-17,19,22H,9-10,13,18H2,1-8H3,(H,49,50)/t22-/m1/s1. The molecule has 0 saturated heterocycles. The first-order chi connectivity index (χ1) is 24.7. The summed E-state index contributed by atoms with van der Waals surface area (Å²) in [4.78, 5) is 29.1. The lowest BCUT2D eigenvalue weighted by atomic mass is 9.98. The zero-order valence-corrected chi connectivity index (χ0v) is 32.0. The minimum atomic E-state index is -1.05. The number of fused-ring (bicyclic) bond motifs is 4. The molecule has 6 aromatic rings. The van der Waals surface area contributed by atoms with Crippen LogP contribution in [0.2, 0.25) is 10.0 Å². The Balaban J connectivity index is 1.40. The number of hydrogen-bond acceptors (Lipinski definition) is 5. The number of halogens is 2. The molecule has 4 heterocycles. The summed E-state index contributed by atoms with van der Waals surface area (Å²) in [7, 11) is 5.25. The largest absolute Gasteiger partial charge is 0.497 e. The molecule has 12 heteroatoms. The van der Waals surface area contributed by atoms with Gasteiger partial charge in [-0.05, 0) is 88.4 Å². The van der Waals surface area contributed by atoms with E-state index in [1.165, 1.54) is 7.11 Å². The number of aromatic carboxylic acids is 1. The number of ether oxygens (including phenoxy) is 2. The molecule has 1 aliphatic heterocycles. The fourth-order valence-electron chi connectivity index (χ4n) is 7.93. The number of aryl methyl sites for hydroxylation is 6. The SMILES string of the molecule is COc1cc(N2C[C@@H](C)n3c(c(CCCOc4cc(C)c(Cl)c(C)c4)c4ccc(Cl)c(-c5c(C)nn(C)c5C)c43)C2=O)c2c(c1)c(C(=O)O)cn2C. The van der Waals surface area contributed by atoms with Crippen molar-refractivity contribution in [2.45, 2.75) is 53.5 Å². The number of anilines is 1. The number of carboxylic acid groups (broad SMARTS) is 1. The highest BCUT2D eigenvalue weighted by molar-refractivity contribution is 6.35. The predicted octanol–water partition coefficient (Wildman–Crippen LogP) is 9.01. The van der Waals surface area contributed by atoms with Crippen LogP contribution < -0.4 is 14.4 Å². The van der Waals surface area contributed by atoms with E-state index in [1.807, 2.05) is 69.8 Å². The van der Waals surface area contributed by atoms with Gasteiger partial charge in [0.15, 0.2) is 0 Å². The number of carbonyl (C=O) groups excluding carboxylic acids is 1. The number of benzene rings is 3. The van der Waals surface area contributed by atoms with Crippen LogP contribution in [-0.4, -0.2) is 56.2 Å². The van der Waals surface area contributed by atoms with Gasteiger partial charge in [0.05, 0.1) is 46.7 Å². The van der Waals surface area contributed by atoms with Crippen LogP contribution in [0.15, 0.2) is 42.6 Å². The Morgan fingerprint density at radius 3 is 2.33 bits per heavy atom. The molecule has 0 saturated carbocycles. The van der Waals surface area contributed by atoms with Crippen molar-refractivity contribution < 1.29 is 24.2 Å². The van der Waals surface area contributed by atoms with Gasteiger partial charge in [-0.15, -0.1) is 0 Å². The third kappa shape index (κ3) is 5.60. The Morgan fingerprint density at radius 2 is 1.69 bits per heavy atom. The summed E-state index contributed by atoms with van der Waals surface area (Å²) in [5.41, 5.74) is 9.24. The highest BCUT2D eigenvalue weighted by atomic mass is 35.5. The molecule has 0 unspecified atom stereocenters. The number of nitrogens with zero attached hydrogens (tertiary/aromatic N) is 5. The average Bonchev–Trinajstić information content (AvgIpc) is 3.71. The lowest BCUT2D eigenvalue weighted by Gasteiger charge is -2.35. The Morgan fingerprint density at radius 1 is 0.981 bits per heavy atom. The maximum Gasteiger partial charge on any atom is 0.337 e. The molecular weight excluding hydrogens is 701 g/mol. The molecule has 3 aromatic heterocycles. The number of amides is 1. The molecule has 0 radical (unpaired) electrons. The Kier molecular flexibility index (Phi) is 9.03. The third-order valence-corrected chi connectivity index (χ3v) is 11.3. The molecule has 1 amide bonds. The summed E-state index contributed by atoms with van der Waals surface area (Å²) in [6.07, 6.45) is 2.77. The van der Waals surface area contributed by atoms with Crippen LogP contribution >= 0.6 is 23.2 Å². The topological polar surface area (TPSA) is 104 Å². The second-order valence-corrected chi connectivity index (χ2v) is 14.6. The van der Waals surface area contributed by atoms with Crippen molar-refractivity contribution in [2.24, 2.45) is 14.1 Å². The normalized spacial score (nSPS) is 14.5. The van der Waals surface area contributed by atoms with Crippen molar-refractivity contribution in [3.8, 4) is 22.6 Å². The van der Waals surface area contributed by atoms with Gasteiger partial charge in [-0.1, -0.05) is 29.3 Å². The van der Waals surface area contributed by atoms with Crippen LogP contribution in [0.5, 0.6) is 11.5 Å². The minimum absolute atomic E-state index is 0.137. The minimum Gasteiger partial charge on any atom is -0.497 e. The number of aromatic nitrogens is 4. The van der Waals surface area contributed by atoms with Crippen LogP contribution in [0, 0.1) is 27.7 Å². The van der Waals surface area contributed by atoms with E-state index in [-0.39, 0.29) is 17.5 Å². The summed E-state index contributed by atoms with van der Waals surface area (Å²) in [5.74, 6) is -0.0315. The van der Waals surface area contributed by atoms with Crippen molar-refractivity contribution >= 4 is 62.6 Å². The number of methoxy groups -OCH3 is 1.